The van der Waals surface area contributed by atoms with E-state index in [1.165, 1.54) is 44.6 Å². The van der Waals surface area contributed by atoms with Gasteiger partial charge < -0.3 is 10.6 Å². The Morgan fingerprint density at radius 2 is 1.81 bits per heavy atom. The Morgan fingerprint density at radius 1 is 1.19 bits per heavy atom. The molecule has 0 heterocycles. The average Bonchev–Trinajstić information content (AvgIpc) is 2.56. The molecule has 0 spiro atoms. The quantitative estimate of drug-likeness (QED) is 0.702. The highest BCUT2D eigenvalue weighted by molar-refractivity contribution is 5.89. The normalized spacial score (nSPS) is 33.1. The molecule has 4 fully saturated rings. The molecule has 1 aromatic carbocycles. The van der Waals surface area contributed by atoms with Crippen molar-refractivity contribution in [3.8, 4) is 0 Å². The van der Waals surface area contributed by atoms with E-state index in [0.29, 0.717) is 16.7 Å². The van der Waals surface area contributed by atoms with Crippen LogP contribution in [0.4, 0.5) is 14.9 Å². The molecule has 0 aromatic heterocycles. The molecule has 2 N–H and O–H groups in total. The number of halogens is 1. The van der Waals surface area contributed by atoms with Crippen molar-refractivity contribution in [2.45, 2.75) is 71.3 Å². The third-order valence-corrected chi connectivity index (χ3v) is 7.14. The summed E-state index contributed by atoms with van der Waals surface area (Å²) in [5, 5.41) is 6.13. The van der Waals surface area contributed by atoms with Gasteiger partial charge in [-0.2, -0.15) is 0 Å². The number of urea groups is 1. The number of benzene rings is 1. The van der Waals surface area contributed by atoms with Crippen LogP contribution in [-0.4, -0.2) is 12.1 Å². The number of carbonyl (C=O) groups excluding carboxylic acids is 1. The number of amides is 2. The number of carbonyl (C=O) groups is 1. The van der Waals surface area contributed by atoms with Gasteiger partial charge in [0.05, 0.1) is 0 Å². The molecule has 0 aliphatic heterocycles. The highest BCUT2D eigenvalue weighted by atomic mass is 19.1. The molecule has 1 aromatic rings. The van der Waals surface area contributed by atoms with E-state index in [-0.39, 0.29) is 17.9 Å². The second-order valence-electron chi connectivity index (χ2n) is 9.18. The van der Waals surface area contributed by atoms with Gasteiger partial charge in [-0.25, -0.2) is 9.18 Å². The summed E-state index contributed by atoms with van der Waals surface area (Å²) in [6.45, 7) is 3.92. The van der Waals surface area contributed by atoms with Crippen LogP contribution in [-0.2, 0) is 0 Å². The lowest BCUT2D eigenvalue weighted by atomic mass is 9.47. The Bertz CT molecular complexity index is 651. The molecule has 5 rings (SSSR count). The zero-order valence-corrected chi connectivity index (χ0v) is 16.0. The lowest BCUT2D eigenvalue weighted by Gasteiger charge is -2.59. The second kappa shape index (κ2) is 6.86. The summed E-state index contributed by atoms with van der Waals surface area (Å²) in [5.41, 5.74) is 1.40. The van der Waals surface area contributed by atoms with Gasteiger partial charge in [0.1, 0.15) is 5.82 Å². The van der Waals surface area contributed by atoms with Crippen LogP contribution in [0, 0.1) is 35.9 Å². The molecule has 142 valence electrons. The molecule has 1 unspecified atom stereocenters. The third-order valence-electron chi connectivity index (χ3n) is 7.14. The maximum absolute atomic E-state index is 13.7. The Balaban J connectivity index is 1.46. The van der Waals surface area contributed by atoms with Crippen LogP contribution in [0.15, 0.2) is 18.2 Å². The Hall–Kier alpha value is -1.58. The number of nitrogens with one attached hydrogen (secondary N) is 2. The molecule has 4 aliphatic carbocycles. The number of hydrogen-bond donors (Lipinski definition) is 2. The zero-order chi connectivity index (χ0) is 18.3. The van der Waals surface area contributed by atoms with Crippen LogP contribution in [0.3, 0.4) is 0 Å². The van der Waals surface area contributed by atoms with Crippen molar-refractivity contribution in [2.24, 2.45) is 23.2 Å². The van der Waals surface area contributed by atoms with Gasteiger partial charge in [-0.05, 0) is 92.7 Å². The molecule has 4 bridgehead atoms. The minimum atomic E-state index is -0.283. The van der Waals surface area contributed by atoms with Crippen molar-refractivity contribution < 1.29 is 9.18 Å². The highest BCUT2D eigenvalue weighted by Gasteiger charge is 2.54. The first-order chi connectivity index (χ1) is 12.5. The standard InChI is InChI=1S/C22H31FN2O/c1-3-4-20(22-11-15-7-16(12-22)9-17(8-15)13-22)25-21(26)24-18-6-5-14(2)19(23)10-18/h5-6,10,15-17,20H,3-4,7-9,11-13H2,1-2H3,(H2,24,25,26). The molecule has 2 amide bonds. The molecule has 4 saturated carbocycles. The van der Waals surface area contributed by atoms with Crippen LogP contribution in [0.25, 0.3) is 0 Å². The van der Waals surface area contributed by atoms with E-state index in [1.54, 1.807) is 19.1 Å². The predicted octanol–water partition coefficient (Wildman–Crippen LogP) is 5.64. The summed E-state index contributed by atoms with van der Waals surface area (Å²) in [5.74, 6) is 2.33. The molecule has 1 atom stereocenters. The second-order valence-corrected chi connectivity index (χ2v) is 9.18. The lowest BCUT2D eigenvalue weighted by Crippen LogP contribution is -2.57. The first kappa shape index (κ1) is 17.8. The minimum absolute atomic E-state index is 0.192. The number of rotatable bonds is 5. The van der Waals surface area contributed by atoms with Gasteiger partial charge in [0.25, 0.3) is 0 Å². The Morgan fingerprint density at radius 3 is 2.35 bits per heavy atom. The van der Waals surface area contributed by atoms with E-state index in [9.17, 15) is 9.18 Å². The van der Waals surface area contributed by atoms with Crippen LogP contribution in [0.1, 0.15) is 63.9 Å². The molecular formula is C22H31FN2O. The summed E-state index contributed by atoms with van der Waals surface area (Å²) >= 11 is 0. The molecule has 4 aliphatic rings. The molecule has 26 heavy (non-hydrogen) atoms. The van der Waals surface area contributed by atoms with Crippen molar-refractivity contribution >= 4 is 11.7 Å². The van der Waals surface area contributed by atoms with E-state index in [0.717, 1.165) is 30.6 Å². The lowest BCUT2D eigenvalue weighted by molar-refractivity contribution is -0.0727. The maximum Gasteiger partial charge on any atom is 0.319 e. The van der Waals surface area contributed by atoms with Crippen LogP contribution in [0.2, 0.25) is 0 Å². The van der Waals surface area contributed by atoms with Gasteiger partial charge >= 0.3 is 6.03 Å². The predicted molar refractivity (Wildman–Crippen MR) is 103 cm³/mol. The smallest absolute Gasteiger partial charge is 0.319 e. The van der Waals surface area contributed by atoms with Gasteiger partial charge in [-0.15, -0.1) is 0 Å². The zero-order valence-electron chi connectivity index (χ0n) is 16.0. The van der Waals surface area contributed by atoms with Gasteiger partial charge in [-0.3, -0.25) is 0 Å². The van der Waals surface area contributed by atoms with E-state index in [4.69, 9.17) is 0 Å². The summed E-state index contributed by atoms with van der Waals surface area (Å²) < 4.78 is 13.7. The number of aryl methyl sites for hydroxylation is 1. The molecule has 0 saturated heterocycles. The fourth-order valence-electron chi connectivity index (χ4n) is 6.42. The Kier molecular flexibility index (Phi) is 4.70. The summed E-state index contributed by atoms with van der Waals surface area (Å²) in [6.07, 6.45) is 10.2. The number of hydrogen-bond acceptors (Lipinski definition) is 1. The van der Waals surface area contributed by atoms with Crippen molar-refractivity contribution in [3.63, 3.8) is 0 Å². The molecule has 0 radical (unpaired) electrons. The van der Waals surface area contributed by atoms with E-state index in [2.05, 4.69) is 17.6 Å². The van der Waals surface area contributed by atoms with Crippen LogP contribution in [0.5, 0.6) is 0 Å². The van der Waals surface area contributed by atoms with Gasteiger partial charge in [0, 0.05) is 11.7 Å². The first-order valence-corrected chi connectivity index (χ1v) is 10.3. The first-order valence-electron chi connectivity index (χ1n) is 10.3. The summed E-state index contributed by atoms with van der Waals surface area (Å²) in [4.78, 5) is 12.6. The van der Waals surface area contributed by atoms with Gasteiger partial charge in [0.15, 0.2) is 0 Å². The van der Waals surface area contributed by atoms with Crippen molar-refractivity contribution in [1.82, 2.24) is 5.32 Å². The van der Waals surface area contributed by atoms with E-state index >= 15 is 0 Å². The third kappa shape index (κ3) is 3.35. The maximum atomic E-state index is 13.7. The van der Waals surface area contributed by atoms with E-state index < -0.39 is 0 Å². The topological polar surface area (TPSA) is 41.1 Å². The highest BCUT2D eigenvalue weighted by Crippen LogP contribution is 2.61. The van der Waals surface area contributed by atoms with Crippen molar-refractivity contribution in [3.05, 3.63) is 29.6 Å². The SMILES string of the molecule is CCCC(NC(=O)Nc1ccc(C)c(F)c1)C12CC3CC(CC(C3)C1)C2. The van der Waals surface area contributed by atoms with Crippen LogP contribution >= 0.6 is 0 Å². The fraction of sp³-hybridized carbons (Fsp3) is 0.682. The largest absolute Gasteiger partial charge is 0.335 e. The van der Waals surface area contributed by atoms with Gasteiger partial charge in [0.2, 0.25) is 0 Å². The minimum Gasteiger partial charge on any atom is -0.335 e. The Labute approximate surface area is 156 Å². The average molecular weight is 359 g/mol. The monoisotopic (exact) mass is 358 g/mol. The summed E-state index contributed by atoms with van der Waals surface area (Å²) in [6, 6.07) is 4.90. The van der Waals surface area contributed by atoms with Crippen molar-refractivity contribution in [1.29, 1.82) is 0 Å². The van der Waals surface area contributed by atoms with Crippen molar-refractivity contribution in [2.75, 3.05) is 5.32 Å². The molecule has 4 heteroatoms. The van der Waals surface area contributed by atoms with Crippen LogP contribution < -0.4 is 10.6 Å². The number of anilines is 1. The summed E-state index contributed by atoms with van der Waals surface area (Å²) in [7, 11) is 0. The van der Waals surface area contributed by atoms with E-state index in [1.807, 2.05) is 0 Å². The molecule has 3 nitrogen and oxygen atoms in total. The molecular weight excluding hydrogens is 327 g/mol. The van der Waals surface area contributed by atoms with Gasteiger partial charge in [-0.1, -0.05) is 19.4 Å². The fourth-order valence-corrected chi connectivity index (χ4v) is 6.42.